The topological polar surface area (TPSA) is 51.8 Å². The number of hydrogen-bond acceptors (Lipinski definition) is 3. The molecule has 0 aliphatic heterocycles. The Labute approximate surface area is 103 Å². The number of rotatable bonds is 3. The largest absolute Gasteiger partial charge is 0.330 e. The highest BCUT2D eigenvalue weighted by atomic mass is 35.5. The van der Waals surface area contributed by atoms with Crippen LogP contribution in [0.25, 0.3) is 11.4 Å². The maximum atomic E-state index is 13.0. The summed E-state index contributed by atoms with van der Waals surface area (Å²) in [6.07, 6.45) is 4.17. The molecule has 1 aromatic carbocycles. The average molecular weight is 252 g/mol. The molecule has 0 bridgehead atoms. The van der Waals surface area contributed by atoms with E-state index in [4.69, 9.17) is 17.3 Å². The van der Waals surface area contributed by atoms with E-state index in [0.717, 1.165) is 12.0 Å². The molecule has 0 aliphatic carbocycles. The van der Waals surface area contributed by atoms with E-state index in [9.17, 15) is 4.39 Å². The Morgan fingerprint density at radius 2 is 1.94 bits per heavy atom. The normalized spacial score (nSPS) is 10.5. The molecular weight excluding hydrogens is 241 g/mol. The third-order valence-corrected chi connectivity index (χ3v) is 2.61. The van der Waals surface area contributed by atoms with Crippen molar-refractivity contribution in [3.63, 3.8) is 0 Å². The second kappa shape index (κ2) is 5.21. The van der Waals surface area contributed by atoms with Crippen molar-refractivity contribution in [1.82, 2.24) is 9.97 Å². The van der Waals surface area contributed by atoms with Gasteiger partial charge < -0.3 is 5.73 Å². The maximum Gasteiger partial charge on any atom is 0.159 e. The second-order valence-electron chi connectivity index (χ2n) is 3.58. The van der Waals surface area contributed by atoms with Gasteiger partial charge in [-0.15, -0.1) is 0 Å². The first-order valence-corrected chi connectivity index (χ1v) is 5.55. The monoisotopic (exact) mass is 251 g/mol. The first-order valence-electron chi connectivity index (χ1n) is 5.17. The van der Waals surface area contributed by atoms with E-state index in [1.54, 1.807) is 18.5 Å². The van der Waals surface area contributed by atoms with Crippen LogP contribution >= 0.6 is 11.6 Å². The van der Waals surface area contributed by atoms with Gasteiger partial charge in [0, 0.05) is 18.0 Å². The van der Waals surface area contributed by atoms with E-state index in [1.165, 1.54) is 12.1 Å². The number of hydrogen-bond donors (Lipinski definition) is 1. The van der Waals surface area contributed by atoms with Crippen molar-refractivity contribution >= 4 is 11.6 Å². The van der Waals surface area contributed by atoms with Crippen LogP contribution in [0, 0.1) is 5.82 Å². The summed E-state index contributed by atoms with van der Waals surface area (Å²) in [6.45, 7) is 0.561. The molecule has 0 atom stereocenters. The summed E-state index contributed by atoms with van der Waals surface area (Å²) in [6, 6.07) is 4.41. The average Bonchev–Trinajstić information content (AvgIpc) is 2.34. The lowest BCUT2D eigenvalue weighted by Crippen LogP contribution is -2.03. The zero-order valence-corrected chi connectivity index (χ0v) is 9.78. The second-order valence-corrected chi connectivity index (χ2v) is 3.99. The molecule has 0 radical (unpaired) electrons. The summed E-state index contributed by atoms with van der Waals surface area (Å²) in [5, 5.41) is 0.0668. The smallest absolute Gasteiger partial charge is 0.159 e. The van der Waals surface area contributed by atoms with Crippen LogP contribution < -0.4 is 5.73 Å². The van der Waals surface area contributed by atoms with Gasteiger partial charge in [-0.2, -0.15) is 0 Å². The standard InChI is InChI=1S/C12H11ClFN3/c13-10-5-9(1-2-11(10)14)12-16-6-8(3-4-15)7-17-12/h1-2,5-7H,3-4,15H2. The minimum atomic E-state index is -0.449. The molecule has 0 aliphatic rings. The van der Waals surface area contributed by atoms with E-state index >= 15 is 0 Å². The molecule has 2 aromatic rings. The third-order valence-electron chi connectivity index (χ3n) is 2.32. The van der Waals surface area contributed by atoms with E-state index in [0.29, 0.717) is 17.9 Å². The summed E-state index contributed by atoms with van der Waals surface area (Å²) in [5.41, 5.74) is 7.10. The van der Waals surface area contributed by atoms with Crippen molar-refractivity contribution in [3.8, 4) is 11.4 Å². The summed E-state index contributed by atoms with van der Waals surface area (Å²) >= 11 is 5.70. The molecule has 0 unspecified atom stereocenters. The van der Waals surface area contributed by atoms with Crippen molar-refractivity contribution in [2.75, 3.05) is 6.54 Å². The van der Waals surface area contributed by atoms with Crippen molar-refractivity contribution in [3.05, 3.63) is 47.0 Å². The molecule has 88 valence electrons. The van der Waals surface area contributed by atoms with Gasteiger partial charge in [-0.3, -0.25) is 0 Å². The van der Waals surface area contributed by atoms with Crippen LogP contribution in [0.3, 0.4) is 0 Å². The molecule has 0 saturated heterocycles. The highest BCUT2D eigenvalue weighted by molar-refractivity contribution is 6.31. The lowest BCUT2D eigenvalue weighted by atomic mass is 10.2. The van der Waals surface area contributed by atoms with Gasteiger partial charge in [-0.25, -0.2) is 14.4 Å². The van der Waals surface area contributed by atoms with Gasteiger partial charge in [-0.05, 0) is 36.7 Å². The number of nitrogens with zero attached hydrogens (tertiary/aromatic N) is 2. The fourth-order valence-corrected chi connectivity index (χ4v) is 1.62. The summed E-state index contributed by atoms with van der Waals surface area (Å²) in [4.78, 5) is 8.38. The number of benzene rings is 1. The molecular formula is C12H11ClFN3. The van der Waals surface area contributed by atoms with Gasteiger partial charge >= 0.3 is 0 Å². The van der Waals surface area contributed by atoms with Crippen LogP contribution in [-0.4, -0.2) is 16.5 Å². The third kappa shape index (κ3) is 2.78. The zero-order chi connectivity index (χ0) is 12.3. The fraction of sp³-hybridized carbons (Fsp3) is 0.167. The number of halogens is 2. The Balaban J connectivity index is 2.30. The Morgan fingerprint density at radius 1 is 1.24 bits per heavy atom. The van der Waals surface area contributed by atoms with Gasteiger partial charge in [0.05, 0.1) is 5.02 Å². The predicted molar refractivity (Wildman–Crippen MR) is 65.2 cm³/mol. The van der Waals surface area contributed by atoms with Crippen molar-refractivity contribution < 1.29 is 4.39 Å². The predicted octanol–water partition coefficient (Wildman–Crippen LogP) is 2.44. The molecule has 2 N–H and O–H groups in total. The van der Waals surface area contributed by atoms with Crippen LogP contribution in [0.15, 0.2) is 30.6 Å². The summed E-state index contributed by atoms with van der Waals surface area (Å²) < 4.78 is 13.0. The molecule has 1 heterocycles. The van der Waals surface area contributed by atoms with Crippen LogP contribution in [0.1, 0.15) is 5.56 Å². The van der Waals surface area contributed by atoms with Gasteiger partial charge in [0.15, 0.2) is 5.82 Å². The summed E-state index contributed by atoms with van der Waals surface area (Å²) in [5.74, 6) is 0.0721. The molecule has 1 aromatic heterocycles. The molecule has 0 fully saturated rings. The molecule has 0 amide bonds. The Bertz CT molecular complexity index is 514. The minimum Gasteiger partial charge on any atom is -0.330 e. The first kappa shape index (κ1) is 12.0. The Kier molecular flexibility index (Phi) is 3.66. The van der Waals surface area contributed by atoms with Gasteiger partial charge in [0.25, 0.3) is 0 Å². The first-order chi connectivity index (χ1) is 8.20. The van der Waals surface area contributed by atoms with Crippen LogP contribution in [-0.2, 0) is 6.42 Å². The van der Waals surface area contributed by atoms with E-state index in [1.807, 2.05) is 0 Å². The van der Waals surface area contributed by atoms with Gasteiger partial charge in [0.1, 0.15) is 5.82 Å². The Morgan fingerprint density at radius 3 is 2.53 bits per heavy atom. The van der Waals surface area contributed by atoms with Crippen LogP contribution in [0.2, 0.25) is 5.02 Å². The molecule has 0 spiro atoms. The number of aromatic nitrogens is 2. The van der Waals surface area contributed by atoms with Crippen molar-refractivity contribution in [2.45, 2.75) is 6.42 Å². The van der Waals surface area contributed by atoms with Crippen molar-refractivity contribution in [2.24, 2.45) is 5.73 Å². The lowest BCUT2D eigenvalue weighted by molar-refractivity contribution is 0.628. The van der Waals surface area contributed by atoms with E-state index in [-0.39, 0.29) is 5.02 Å². The fourth-order valence-electron chi connectivity index (χ4n) is 1.43. The summed E-state index contributed by atoms with van der Waals surface area (Å²) in [7, 11) is 0. The minimum absolute atomic E-state index is 0.0668. The Hall–Kier alpha value is -1.52. The molecule has 17 heavy (non-hydrogen) atoms. The van der Waals surface area contributed by atoms with Crippen molar-refractivity contribution in [1.29, 1.82) is 0 Å². The van der Waals surface area contributed by atoms with E-state index < -0.39 is 5.82 Å². The van der Waals surface area contributed by atoms with E-state index in [2.05, 4.69) is 9.97 Å². The molecule has 5 heteroatoms. The van der Waals surface area contributed by atoms with Crippen LogP contribution in [0.5, 0.6) is 0 Å². The van der Waals surface area contributed by atoms with Gasteiger partial charge in [-0.1, -0.05) is 11.6 Å². The van der Waals surface area contributed by atoms with Gasteiger partial charge in [0.2, 0.25) is 0 Å². The molecule has 3 nitrogen and oxygen atoms in total. The van der Waals surface area contributed by atoms with Crippen LogP contribution in [0.4, 0.5) is 4.39 Å². The highest BCUT2D eigenvalue weighted by Gasteiger charge is 2.05. The zero-order valence-electron chi connectivity index (χ0n) is 9.03. The quantitative estimate of drug-likeness (QED) is 0.912. The highest BCUT2D eigenvalue weighted by Crippen LogP contribution is 2.22. The molecule has 2 rings (SSSR count). The maximum absolute atomic E-state index is 13.0. The number of nitrogens with two attached hydrogens (primary N) is 1. The lowest BCUT2D eigenvalue weighted by Gasteiger charge is -2.02. The SMILES string of the molecule is NCCc1cnc(-c2ccc(F)c(Cl)c2)nc1. The molecule has 0 saturated carbocycles.